The summed E-state index contributed by atoms with van der Waals surface area (Å²) in [5.41, 5.74) is 1.90. The van der Waals surface area contributed by atoms with Crippen LogP contribution < -0.4 is 5.56 Å². The molecule has 4 aromatic rings. The fourth-order valence-electron chi connectivity index (χ4n) is 4.27. The van der Waals surface area contributed by atoms with Crippen LogP contribution in [0.4, 0.5) is 4.39 Å². The number of rotatable bonds is 5. The number of benzene rings is 2. The highest BCUT2D eigenvalue weighted by Crippen LogP contribution is 2.23. The van der Waals surface area contributed by atoms with E-state index in [-0.39, 0.29) is 35.8 Å². The molecule has 1 fully saturated rings. The van der Waals surface area contributed by atoms with Crippen LogP contribution in [0.15, 0.2) is 59.5 Å². The first kappa shape index (κ1) is 21.9. The average Bonchev–Trinajstić information content (AvgIpc) is 3.51. The lowest BCUT2D eigenvalue weighted by atomic mass is 10.1. The molecule has 0 bridgehead atoms. The number of aromatic nitrogens is 4. The standard InChI is InChI=1S/C24H22FN5O4/c1-34-19-10-18(13-31)29(11-19)24(33)14-2-5-17(6-3-14)30-12-22(27-28-30)20-9-15-8-16(25)4-7-21(15)26-23(20)32/h2-9,12,18-19,31H,10-11,13H2,1H3,(H,26,32)/t18-,19+/m0/s1. The molecular formula is C24H22FN5O4. The van der Waals surface area contributed by atoms with Crippen molar-refractivity contribution in [3.8, 4) is 16.9 Å². The van der Waals surface area contributed by atoms with Crippen LogP contribution in [-0.4, -0.2) is 68.3 Å². The van der Waals surface area contributed by atoms with Crippen molar-refractivity contribution in [2.45, 2.75) is 18.6 Å². The summed E-state index contributed by atoms with van der Waals surface area (Å²) < 4.78 is 20.4. The number of nitrogens with zero attached hydrogens (tertiary/aromatic N) is 4. The van der Waals surface area contributed by atoms with Gasteiger partial charge < -0.3 is 19.7 Å². The fourth-order valence-corrected chi connectivity index (χ4v) is 4.27. The van der Waals surface area contributed by atoms with Gasteiger partial charge in [0, 0.05) is 30.1 Å². The number of H-pyrrole nitrogens is 1. The predicted octanol–water partition coefficient (Wildman–Crippen LogP) is 2.14. The van der Waals surface area contributed by atoms with Gasteiger partial charge in [-0.15, -0.1) is 5.10 Å². The van der Waals surface area contributed by atoms with E-state index in [4.69, 9.17) is 4.74 Å². The molecule has 10 heteroatoms. The molecule has 5 rings (SSSR count). The molecule has 0 unspecified atom stereocenters. The highest BCUT2D eigenvalue weighted by molar-refractivity contribution is 5.95. The van der Waals surface area contributed by atoms with E-state index in [9.17, 15) is 19.1 Å². The van der Waals surface area contributed by atoms with Crippen LogP contribution in [0.2, 0.25) is 0 Å². The molecule has 9 nitrogen and oxygen atoms in total. The van der Waals surface area contributed by atoms with E-state index in [1.165, 1.54) is 22.9 Å². The van der Waals surface area contributed by atoms with Gasteiger partial charge in [0.05, 0.1) is 36.2 Å². The van der Waals surface area contributed by atoms with Crippen molar-refractivity contribution >= 4 is 16.8 Å². The number of aliphatic hydroxyl groups excluding tert-OH is 1. The van der Waals surface area contributed by atoms with Gasteiger partial charge >= 0.3 is 0 Å². The number of likely N-dealkylation sites (tertiary alicyclic amines) is 1. The molecule has 2 aromatic heterocycles. The maximum Gasteiger partial charge on any atom is 0.258 e. The molecule has 0 saturated carbocycles. The summed E-state index contributed by atoms with van der Waals surface area (Å²) in [6.07, 6.45) is 2.10. The van der Waals surface area contributed by atoms with E-state index in [1.54, 1.807) is 48.5 Å². The fraction of sp³-hybridized carbons (Fsp3) is 0.250. The Bertz CT molecular complexity index is 1420. The number of hydrogen-bond acceptors (Lipinski definition) is 6. The van der Waals surface area contributed by atoms with Crippen LogP contribution in [0.3, 0.4) is 0 Å². The summed E-state index contributed by atoms with van der Waals surface area (Å²) in [5.74, 6) is -0.583. The third-order valence-corrected chi connectivity index (χ3v) is 6.14. The first-order valence-electron chi connectivity index (χ1n) is 10.8. The minimum Gasteiger partial charge on any atom is -0.394 e. The number of methoxy groups -OCH3 is 1. The zero-order chi connectivity index (χ0) is 23.8. The number of aromatic amines is 1. The minimum atomic E-state index is -0.402. The molecule has 0 radical (unpaired) electrons. The summed E-state index contributed by atoms with van der Waals surface area (Å²) >= 11 is 0. The molecule has 1 aliphatic rings. The summed E-state index contributed by atoms with van der Waals surface area (Å²) in [5, 5.41) is 18.4. The van der Waals surface area contributed by atoms with Crippen LogP contribution in [0.25, 0.3) is 27.8 Å². The molecule has 1 amide bonds. The number of pyridine rings is 1. The molecule has 3 heterocycles. The molecular weight excluding hydrogens is 441 g/mol. The lowest BCUT2D eigenvalue weighted by Gasteiger charge is -2.22. The van der Waals surface area contributed by atoms with E-state index in [0.29, 0.717) is 40.8 Å². The van der Waals surface area contributed by atoms with E-state index in [0.717, 1.165) is 0 Å². The van der Waals surface area contributed by atoms with Crippen molar-refractivity contribution in [2.24, 2.45) is 0 Å². The van der Waals surface area contributed by atoms with Gasteiger partial charge in [-0.05, 0) is 55.0 Å². The Labute approximate surface area is 193 Å². The number of nitrogens with one attached hydrogen (secondary N) is 1. The third kappa shape index (κ3) is 3.97. The second kappa shape index (κ2) is 8.81. The van der Waals surface area contributed by atoms with Crippen molar-refractivity contribution < 1.29 is 19.0 Å². The Morgan fingerprint density at radius 1 is 1.24 bits per heavy atom. The van der Waals surface area contributed by atoms with Crippen molar-refractivity contribution in [2.75, 3.05) is 20.3 Å². The van der Waals surface area contributed by atoms with Crippen molar-refractivity contribution in [3.05, 3.63) is 76.5 Å². The molecule has 174 valence electrons. The number of hydrogen-bond donors (Lipinski definition) is 2. The van der Waals surface area contributed by atoms with Gasteiger partial charge in [-0.3, -0.25) is 9.59 Å². The van der Waals surface area contributed by atoms with Gasteiger partial charge in [0.2, 0.25) is 0 Å². The van der Waals surface area contributed by atoms with Crippen LogP contribution in [0.5, 0.6) is 0 Å². The molecule has 1 saturated heterocycles. The summed E-state index contributed by atoms with van der Waals surface area (Å²) in [6.45, 7) is 0.310. The lowest BCUT2D eigenvalue weighted by molar-refractivity contribution is 0.0648. The molecule has 2 atom stereocenters. The average molecular weight is 463 g/mol. The van der Waals surface area contributed by atoms with E-state index < -0.39 is 5.82 Å². The summed E-state index contributed by atoms with van der Waals surface area (Å²) in [6, 6.07) is 12.2. The zero-order valence-electron chi connectivity index (χ0n) is 18.3. The maximum absolute atomic E-state index is 13.6. The van der Waals surface area contributed by atoms with Gasteiger partial charge in [-0.25, -0.2) is 9.07 Å². The normalized spacial score (nSPS) is 18.0. The van der Waals surface area contributed by atoms with Crippen LogP contribution in [0, 0.1) is 5.82 Å². The molecule has 2 N–H and O–H groups in total. The van der Waals surface area contributed by atoms with Gasteiger partial charge in [-0.2, -0.15) is 0 Å². The molecule has 0 spiro atoms. The number of ether oxygens (including phenoxy) is 1. The SMILES string of the molecule is CO[C@@H]1C[C@@H](CO)N(C(=O)c2ccc(-n3cc(-c4cc5cc(F)ccc5[nH]c4=O)nn3)cc2)C1. The largest absolute Gasteiger partial charge is 0.394 e. The number of fused-ring (bicyclic) bond motifs is 1. The monoisotopic (exact) mass is 463 g/mol. The third-order valence-electron chi connectivity index (χ3n) is 6.14. The quantitative estimate of drug-likeness (QED) is 0.469. The number of carbonyl (C=O) groups is 1. The predicted molar refractivity (Wildman–Crippen MR) is 122 cm³/mol. The number of carbonyl (C=O) groups excluding carboxylic acids is 1. The Hall–Kier alpha value is -3.89. The minimum absolute atomic E-state index is 0.0938. The van der Waals surface area contributed by atoms with Crippen LogP contribution >= 0.6 is 0 Å². The Kier molecular flexibility index (Phi) is 5.68. The second-order valence-corrected chi connectivity index (χ2v) is 8.23. The molecule has 2 aromatic carbocycles. The Morgan fingerprint density at radius 3 is 2.76 bits per heavy atom. The topological polar surface area (TPSA) is 113 Å². The van der Waals surface area contributed by atoms with Gasteiger partial charge in [0.15, 0.2) is 0 Å². The highest BCUT2D eigenvalue weighted by atomic mass is 19.1. The molecule has 0 aliphatic carbocycles. The number of aliphatic hydroxyl groups is 1. The molecule has 1 aliphatic heterocycles. The number of amides is 1. The maximum atomic E-state index is 13.6. The highest BCUT2D eigenvalue weighted by Gasteiger charge is 2.35. The Morgan fingerprint density at radius 2 is 2.03 bits per heavy atom. The van der Waals surface area contributed by atoms with Crippen LogP contribution in [0.1, 0.15) is 16.8 Å². The number of halogens is 1. The summed E-state index contributed by atoms with van der Waals surface area (Å²) in [7, 11) is 1.60. The second-order valence-electron chi connectivity index (χ2n) is 8.23. The van der Waals surface area contributed by atoms with Crippen molar-refractivity contribution in [1.82, 2.24) is 24.9 Å². The lowest BCUT2D eigenvalue weighted by Crippen LogP contribution is -2.38. The van der Waals surface area contributed by atoms with Gasteiger partial charge in [0.25, 0.3) is 11.5 Å². The van der Waals surface area contributed by atoms with Crippen LogP contribution in [-0.2, 0) is 4.74 Å². The Balaban J connectivity index is 1.39. The first-order chi connectivity index (χ1) is 16.5. The van der Waals surface area contributed by atoms with E-state index >= 15 is 0 Å². The smallest absolute Gasteiger partial charge is 0.258 e. The van der Waals surface area contributed by atoms with Gasteiger partial charge in [0.1, 0.15) is 11.5 Å². The van der Waals surface area contributed by atoms with E-state index in [1.807, 2.05) is 0 Å². The van der Waals surface area contributed by atoms with Crippen molar-refractivity contribution in [1.29, 1.82) is 0 Å². The van der Waals surface area contributed by atoms with Gasteiger partial charge in [-0.1, -0.05) is 5.21 Å². The van der Waals surface area contributed by atoms with E-state index in [2.05, 4.69) is 15.3 Å². The summed E-state index contributed by atoms with van der Waals surface area (Å²) in [4.78, 5) is 29.8. The van der Waals surface area contributed by atoms with Crippen molar-refractivity contribution in [3.63, 3.8) is 0 Å². The first-order valence-corrected chi connectivity index (χ1v) is 10.8. The zero-order valence-corrected chi connectivity index (χ0v) is 18.3. The molecule has 34 heavy (non-hydrogen) atoms.